The van der Waals surface area contributed by atoms with Crippen LogP contribution in [-0.4, -0.2) is 34.0 Å². The highest BCUT2D eigenvalue weighted by Gasteiger charge is 2.28. The van der Waals surface area contributed by atoms with Crippen molar-refractivity contribution in [2.24, 2.45) is 5.73 Å². The van der Waals surface area contributed by atoms with Gasteiger partial charge in [0.2, 0.25) is 5.75 Å². The molecule has 1 aliphatic heterocycles. The van der Waals surface area contributed by atoms with Crippen molar-refractivity contribution >= 4 is 0 Å². The first-order chi connectivity index (χ1) is 11.6. The molecule has 2 N–H and O–H groups in total. The second kappa shape index (κ2) is 6.57. The van der Waals surface area contributed by atoms with Gasteiger partial charge >= 0.3 is 0 Å². The van der Waals surface area contributed by atoms with E-state index in [-0.39, 0.29) is 11.9 Å². The van der Waals surface area contributed by atoms with Gasteiger partial charge in [-0.2, -0.15) is 0 Å². The molecule has 2 aromatic carbocycles. The van der Waals surface area contributed by atoms with Crippen LogP contribution < -0.4 is 24.7 Å². The van der Waals surface area contributed by atoms with Gasteiger partial charge in [0.05, 0.1) is 21.3 Å². The molecule has 0 aromatic heterocycles. The first-order valence-electron chi connectivity index (χ1n) is 7.61. The van der Waals surface area contributed by atoms with Crippen LogP contribution in [0.4, 0.5) is 4.39 Å². The smallest absolute Gasteiger partial charge is 0.203 e. The molecule has 1 aliphatic rings. The van der Waals surface area contributed by atoms with Crippen LogP contribution in [0, 0.1) is 5.82 Å². The average Bonchev–Trinajstić information content (AvgIpc) is 3.06. The summed E-state index contributed by atoms with van der Waals surface area (Å²) in [7, 11) is 4.65. The van der Waals surface area contributed by atoms with Gasteiger partial charge < -0.3 is 24.7 Å². The van der Waals surface area contributed by atoms with Gasteiger partial charge in [-0.05, 0) is 29.8 Å². The van der Waals surface area contributed by atoms with Crippen LogP contribution in [0.1, 0.15) is 5.56 Å². The fourth-order valence-corrected chi connectivity index (χ4v) is 2.96. The van der Waals surface area contributed by atoms with Gasteiger partial charge in [-0.25, -0.2) is 4.39 Å². The van der Waals surface area contributed by atoms with Crippen molar-refractivity contribution in [2.75, 3.05) is 27.9 Å². The van der Waals surface area contributed by atoms with Crippen molar-refractivity contribution in [3.05, 3.63) is 35.6 Å². The van der Waals surface area contributed by atoms with Crippen LogP contribution in [0.5, 0.6) is 23.0 Å². The standard InChI is InChI=1S/C18H20FNO4/c1-21-15-6-10(7-16(22-2)18(15)23-3)12-4-5-14(19)13-8-11(9-20)24-17(12)13/h4-7,11H,8-9,20H2,1-3H3. The summed E-state index contributed by atoms with van der Waals surface area (Å²) in [4.78, 5) is 0. The molecule has 1 atom stereocenters. The van der Waals surface area contributed by atoms with E-state index in [1.54, 1.807) is 27.4 Å². The van der Waals surface area contributed by atoms with E-state index in [0.29, 0.717) is 41.5 Å². The van der Waals surface area contributed by atoms with Gasteiger partial charge in [0.1, 0.15) is 17.7 Å². The minimum Gasteiger partial charge on any atom is -0.493 e. The third-order valence-corrected chi connectivity index (χ3v) is 4.16. The lowest BCUT2D eigenvalue weighted by molar-refractivity contribution is 0.242. The van der Waals surface area contributed by atoms with Crippen LogP contribution in [0.2, 0.25) is 0 Å². The summed E-state index contributed by atoms with van der Waals surface area (Å²) in [5.74, 6) is 1.80. The molecule has 0 saturated carbocycles. The van der Waals surface area contributed by atoms with Crippen molar-refractivity contribution in [1.29, 1.82) is 0 Å². The molecule has 0 aliphatic carbocycles. The fraction of sp³-hybridized carbons (Fsp3) is 0.333. The highest BCUT2D eigenvalue weighted by molar-refractivity contribution is 5.77. The largest absolute Gasteiger partial charge is 0.493 e. The van der Waals surface area contributed by atoms with E-state index in [1.807, 2.05) is 12.1 Å². The molecular weight excluding hydrogens is 313 g/mol. The molecule has 1 heterocycles. The molecule has 0 radical (unpaired) electrons. The molecule has 1 unspecified atom stereocenters. The van der Waals surface area contributed by atoms with Crippen molar-refractivity contribution in [3.8, 4) is 34.1 Å². The lowest BCUT2D eigenvalue weighted by Gasteiger charge is -2.16. The summed E-state index contributed by atoms with van der Waals surface area (Å²) in [6.45, 7) is 0.336. The van der Waals surface area contributed by atoms with Gasteiger partial charge in [-0.3, -0.25) is 0 Å². The van der Waals surface area contributed by atoms with E-state index in [9.17, 15) is 4.39 Å². The minimum absolute atomic E-state index is 0.210. The van der Waals surface area contributed by atoms with Crippen molar-refractivity contribution in [1.82, 2.24) is 0 Å². The van der Waals surface area contributed by atoms with Crippen molar-refractivity contribution < 1.29 is 23.3 Å². The molecule has 0 saturated heterocycles. The highest BCUT2D eigenvalue weighted by Crippen LogP contribution is 2.45. The number of benzene rings is 2. The summed E-state index contributed by atoms with van der Waals surface area (Å²) >= 11 is 0. The first-order valence-corrected chi connectivity index (χ1v) is 7.61. The van der Waals surface area contributed by atoms with Crippen molar-refractivity contribution in [2.45, 2.75) is 12.5 Å². The van der Waals surface area contributed by atoms with Gasteiger partial charge in [0.15, 0.2) is 11.5 Å². The average molecular weight is 333 g/mol. The zero-order valence-electron chi connectivity index (χ0n) is 13.9. The number of ether oxygens (including phenoxy) is 4. The Morgan fingerprint density at radius 1 is 1.12 bits per heavy atom. The summed E-state index contributed by atoms with van der Waals surface area (Å²) in [5, 5.41) is 0. The SMILES string of the molecule is COc1cc(-c2ccc(F)c3c2OC(CN)C3)cc(OC)c1OC. The van der Waals surface area contributed by atoms with Crippen LogP contribution in [-0.2, 0) is 6.42 Å². The molecule has 0 amide bonds. The lowest BCUT2D eigenvalue weighted by Crippen LogP contribution is -2.24. The predicted molar refractivity (Wildman–Crippen MR) is 88.7 cm³/mol. The van der Waals surface area contributed by atoms with Crippen LogP contribution in [0.3, 0.4) is 0 Å². The second-order valence-corrected chi connectivity index (χ2v) is 5.50. The summed E-state index contributed by atoms with van der Waals surface area (Å²) in [6, 6.07) is 6.76. The Morgan fingerprint density at radius 2 is 1.79 bits per heavy atom. The highest BCUT2D eigenvalue weighted by atomic mass is 19.1. The zero-order valence-corrected chi connectivity index (χ0v) is 13.9. The third-order valence-electron chi connectivity index (χ3n) is 4.16. The Morgan fingerprint density at radius 3 is 2.33 bits per heavy atom. The van der Waals surface area contributed by atoms with Gasteiger partial charge in [-0.15, -0.1) is 0 Å². The number of methoxy groups -OCH3 is 3. The minimum atomic E-state index is -0.280. The third kappa shape index (κ3) is 2.63. The Labute approximate surface area is 140 Å². The van der Waals surface area contributed by atoms with Gasteiger partial charge in [0.25, 0.3) is 0 Å². The van der Waals surface area contributed by atoms with E-state index in [1.165, 1.54) is 6.07 Å². The molecule has 2 aromatic rings. The summed E-state index contributed by atoms with van der Waals surface area (Å²) in [6.07, 6.45) is 0.258. The predicted octanol–water partition coefficient (Wildman–Crippen LogP) is 2.78. The Hall–Kier alpha value is -2.47. The van der Waals surface area contributed by atoms with Crippen LogP contribution in [0.25, 0.3) is 11.1 Å². The maximum atomic E-state index is 14.1. The van der Waals surface area contributed by atoms with E-state index >= 15 is 0 Å². The summed E-state index contributed by atoms with van der Waals surface area (Å²) in [5.41, 5.74) is 7.79. The van der Waals surface area contributed by atoms with Crippen molar-refractivity contribution in [3.63, 3.8) is 0 Å². The number of hydrogen-bond acceptors (Lipinski definition) is 5. The number of nitrogens with two attached hydrogens (primary N) is 1. The zero-order chi connectivity index (χ0) is 17.3. The van der Waals surface area contributed by atoms with Crippen LogP contribution >= 0.6 is 0 Å². The number of hydrogen-bond donors (Lipinski definition) is 1. The number of fused-ring (bicyclic) bond motifs is 1. The molecule has 6 heteroatoms. The molecule has 128 valence electrons. The van der Waals surface area contributed by atoms with E-state index < -0.39 is 0 Å². The molecule has 0 fully saturated rings. The van der Waals surface area contributed by atoms with Gasteiger partial charge in [-0.1, -0.05) is 0 Å². The topological polar surface area (TPSA) is 62.9 Å². The van der Waals surface area contributed by atoms with E-state index in [0.717, 1.165) is 11.1 Å². The molecule has 3 rings (SSSR count). The number of rotatable bonds is 5. The molecular formula is C18H20FNO4. The fourth-order valence-electron chi connectivity index (χ4n) is 2.96. The Kier molecular flexibility index (Phi) is 4.49. The Balaban J connectivity index is 2.16. The molecule has 0 bridgehead atoms. The molecule has 5 nitrogen and oxygen atoms in total. The maximum Gasteiger partial charge on any atom is 0.203 e. The van der Waals surface area contributed by atoms with E-state index in [2.05, 4.69) is 0 Å². The van der Waals surface area contributed by atoms with Crippen LogP contribution in [0.15, 0.2) is 24.3 Å². The maximum absolute atomic E-state index is 14.1. The molecule has 0 spiro atoms. The first kappa shape index (κ1) is 16.4. The molecule has 24 heavy (non-hydrogen) atoms. The van der Waals surface area contributed by atoms with E-state index in [4.69, 9.17) is 24.7 Å². The Bertz CT molecular complexity index is 738. The normalized spacial score (nSPS) is 15.6. The lowest BCUT2D eigenvalue weighted by atomic mass is 9.99. The van der Waals surface area contributed by atoms with Gasteiger partial charge in [0, 0.05) is 24.1 Å². The number of halogens is 1. The quantitative estimate of drug-likeness (QED) is 0.911. The summed E-state index contributed by atoms with van der Waals surface area (Å²) < 4.78 is 36.1. The monoisotopic (exact) mass is 333 g/mol. The second-order valence-electron chi connectivity index (χ2n) is 5.50.